The van der Waals surface area contributed by atoms with Crippen LogP contribution in [0.4, 0.5) is 0 Å². The summed E-state index contributed by atoms with van der Waals surface area (Å²) in [6, 6.07) is 0. The van der Waals surface area contributed by atoms with Gasteiger partial charge in [-0.25, -0.2) is 0 Å². The molecule has 168 valence electrons. The number of aliphatic hydroxyl groups excluding tert-OH is 1. The lowest BCUT2D eigenvalue weighted by Crippen LogP contribution is -2.48. The third-order valence-corrected chi connectivity index (χ3v) is 7.11. The van der Waals surface area contributed by atoms with Crippen molar-refractivity contribution in [3.05, 3.63) is 0 Å². The molecule has 0 bridgehead atoms. The molecule has 2 saturated heterocycles. The molecule has 29 heavy (non-hydrogen) atoms. The van der Waals surface area contributed by atoms with Crippen LogP contribution in [0.5, 0.6) is 0 Å². The zero-order chi connectivity index (χ0) is 22.1. The lowest BCUT2D eigenvalue weighted by molar-refractivity contribution is -0.167. The Balaban J connectivity index is 2.41. The average molecular weight is 415 g/mol. The summed E-state index contributed by atoms with van der Waals surface area (Å²) in [5, 5.41) is 10.8. The van der Waals surface area contributed by atoms with Crippen molar-refractivity contribution in [3.63, 3.8) is 0 Å². The van der Waals surface area contributed by atoms with Crippen molar-refractivity contribution in [2.45, 2.75) is 78.0 Å². The summed E-state index contributed by atoms with van der Waals surface area (Å²) in [6.45, 7) is 11.4. The number of cyclic esters (lactones) is 1. The van der Waals surface area contributed by atoms with Crippen LogP contribution in [0.2, 0.25) is 0 Å². The Hall–Kier alpha value is -1.02. The summed E-state index contributed by atoms with van der Waals surface area (Å²) in [5.74, 6) is -2.11. The minimum atomic E-state index is -0.935. The number of esters is 1. The van der Waals surface area contributed by atoms with Crippen LogP contribution in [0.3, 0.4) is 0 Å². The third-order valence-electron chi connectivity index (χ3n) is 7.11. The van der Waals surface area contributed by atoms with Gasteiger partial charge in [-0.15, -0.1) is 0 Å². The van der Waals surface area contributed by atoms with Crippen molar-refractivity contribution >= 4 is 11.8 Å². The van der Waals surface area contributed by atoms with Crippen molar-refractivity contribution in [3.8, 4) is 0 Å². The Morgan fingerprint density at radius 1 is 0.931 bits per heavy atom. The van der Waals surface area contributed by atoms with Crippen LogP contribution in [-0.2, 0) is 28.5 Å². The molecule has 0 aliphatic carbocycles. The molecule has 2 aliphatic rings. The van der Waals surface area contributed by atoms with Crippen LogP contribution in [0.1, 0.15) is 48.0 Å². The Bertz CT molecular complexity index is 588. The van der Waals surface area contributed by atoms with Gasteiger partial charge in [0.25, 0.3) is 0 Å². The molecule has 2 heterocycles. The highest BCUT2D eigenvalue weighted by Crippen LogP contribution is 2.41. The van der Waals surface area contributed by atoms with E-state index in [0.29, 0.717) is 13.0 Å². The Morgan fingerprint density at radius 2 is 1.48 bits per heavy atom. The molecule has 1 N–H and O–H groups in total. The highest BCUT2D eigenvalue weighted by atomic mass is 16.6. The summed E-state index contributed by atoms with van der Waals surface area (Å²) >= 11 is 0. The van der Waals surface area contributed by atoms with Crippen LogP contribution in [0.15, 0.2) is 0 Å². The number of rotatable bonds is 2. The molecule has 0 unspecified atom stereocenters. The molecule has 10 atom stereocenters. The maximum absolute atomic E-state index is 13.2. The van der Waals surface area contributed by atoms with Gasteiger partial charge >= 0.3 is 5.97 Å². The molecule has 1 spiro atoms. The fourth-order valence-electron chi connectivity index (χ4n) is 4.95. The number of ether oxygens (including phenoxy) is 4. The first-order valence-electron chi connectivity index (χ1n) is 10.6. The van der Waals surface area contributed by atoms with Gasteiger partial charge in [-0.1, -0.05) is 27.7 Å². The van der Waals surface area contributed by atoms with Crippen LogP contribution in [0.25, 0.3) is 0 Å². The van der Waals surface area contributed by atoms with E-state index in [2.05, 4.69) is 0 Å². The number of carbonyl (C=O) groups excluding carboxylic acids is 2. The fourth-order valence-corrected chi connectivity index (χ4v) is 4.95. The second kappa shape index (κ2) is 9.41. The average Bonchev–Trinajstić information content (AvgIpc) is 3.46. The largest absolute Gasteiger partial charge is 0.462 e. The Labute approximate surface area is 174 Å². The molecule has 0 aromatic carbocycles. The van der Waals surface area contributed by atoms with Gasteiger partial charge in [-0.2, -0.15) is 0 Å². The number of aliphatic hydroxyl groups is 1. The fraction of sp³-hybridized carbons (Fsp3) is 0.909. The summed E-state index contributed by atoms with van der Waals surface area (Å²) in [5.41, 5.74) is -0.867. The Kier molecular flexibility index (Phi) is 7.87. The van der Waals surface area contributed by atoms with Crippen LogP contribution >= 0.6 is 0 Å². The molecule has 0 amide bonds. The maximum Gasteiger partial charge on any atom is 0.311 e. The summed E-state index contributed by atoms with van der Waals surface area (Å²) in [4.78, 5) is 25.9. The second-order valence-electron chi connectivity index (χ2n) is 9.16. The van der Waals surface area contributed by atoms with Crippen LogP contribution in [-0.4, -0.2) is 67.7 Å². The summed E-state index contributed by atoms with van der Waals surface area (Å²) in [6.07, 6.45) is -1.61. The van der Waals surface area contributed by atoms with E-state index < -0.39 is 41.7 Å². The molecule has 7 nitrogen and oxygen atoms in total. The van der Waals surface area contributed by atoms with Crippen LogP contribution < -0.4 is 0 Å². The van der Waals surface area contributed by atoms with Gasteiger partial charge in [0, 0.05) is 32.0 Å². The molecule has 2 rings (SSSR count). The molecule has 2 fully saturated rings. The van der Waals surface area contributed by atoms with Crippen molar-refractivity contribution < 1.29 is 33.6 Å². The number of hydrogen-bond donors (Lipinski definition) is 1. The predicted octanol–water partition coefficient (Wildman–Crippen LogP) is 2.23. The first-order valence-corrected chi connectivity index (χ1v) is 10.6. The zero-order valence-corrected chi connectivity index (χ0v) is 19.0. The van der Waals surface area contributed by atoms with Gasteiger partial charge in [0.15, 0.2) is 11.4 Å². The van der Waals surface area contributed by atoms with E-state index >= 15 is 0 Å². The normalized spacial score (nSPS) is 47.6. The lowest BCUT2D eigenvalue weighted by atomic mass is 9.76. The predicted molar refractivity (Wildman–Crippen MR) is 107 cm³/mol. The third kappa shape index (κ3) is 4.84. The molecule has 0 aromatic heterocycles. The first-order chi connectivity index (χ1) is 13.5. The van der Waals surface area contributed by atoms with Gasteiger partial charge in [-0.05, 0) is 26.2 Å². The van der Waals surface area contributed by atoms with E-state index in [1.54, 1.807) is 41.9 Å². The van der Waals surface area contributed by atoms with Crippen molar-refractivity contribution in [1.29, 1.82) is 0 Å². The van der Waals surface area contributed by atoms with Crippen molar-refractivity contribution in [1.82, 2.24) is 0 Å². The number of carbonyl (C=O) groups is 2. The van der Waals surface area contributed by atoms with Gasteiger partial charge in [-0.3, -0.25) is 9.59 Å². The quantitative estimate of drug-likeness (QED) is 0.547. The lowest BCUT2D eigenvalue weighted by Gasteiger charge is -2.37. The van der Waals surface area contributed by atoms with E-state index in [0.717, 1.165) is 0 Å². The molecule has 7 heteroatoms. The van der Waals surface area contributed by atoms with Gasteiger partial charge in [0.2, 0.25) is 0 Å². The zero-order valence-electron chi connectivity index (χ0n) is 19.0. The second-order valence-corrected chi connectivity index (χ2v) is 9.16. The van der Waals surface area contributed by atoms with Crippen molar-refractivity contribution in [2.24, 2.45) is 29.6 Å². The highest BCUT2D eigenvalue weighted by Gasteiger charge is 2.56. The Morgan fingerprint density at radius 3 is 1.97 bits per heavy atom. The maximum atomic E-state index is 13.2. The van der Waals surface area contributed by atoms with E-state index in [-0.39, 0.29) is 29.7 Å². The minimum absolute atomic E-state index is 0.00838. The molecule has 0 saturated carbocycles. The highest BCUT2D eigenvalue weighted by molar-refractivity contribution is 5.92. The number of ketones is 1. The van der Waals surface area contributed by atoms with Crippen LogP contribution in [0, 0.1) is 29.6 Å². The minimum Gasteiger partial charge on any atom is -0.462 e. The standard InChI is InChI=1S/C22H38O7/c1-11-9-22(10-28-22)20(24)13(3)17(23)12(2)16(6)29-21(25)15(5)19(27-8)14(4)18(11)26-7/h11-19,23H,9-10H2,1-8H3/t11-,12-,13+,14+,15+,16+,17-,18-,19-,22+/m0/s1. The monoisotopic (exact) mass is 414 g/mol. The number of methoxy groups -OCH3 is 2. The number of Topliss-reactive ketones (excluding diaryl/α,β-unsaturated/α-hetero) is 1. The molecular formula is C22H38O7. The van der Waals surface area contributed by atoms with E-state index in [1.807, 2.05) is 13.8 Å². The van der Waals surface area contributed by atoms with Gasteiger partial charge in [0.05, 0.1) is 30.8 Å². The summed E-state index contributed by atoms with van der Waals surface area (Å²) in [7, 11) is 3.22. The topological polar surface area (TPSA) is 94.6 Å². The first kappa shape index (κ1) is 24.3. The molecule has 0 radical (unpaired) electrons. The van der Waals surface area contributed by atoms with Gasteiger partial charge in [0.1, 0.15) is 6.10 Å². The number of epoxide rings is 1. The summed E-state index contributed by atoms with van der Waals surface area (Å²) < 4.78 is 22.8. The SMILES string of the molecule is CO[C@@H]1[C@@H](C)[C@H](OC)[C@@H](C)C(=O)O[C@H](C)[C@H](C)[C@H](O)[C@@H](C)C(=O)[C@]2(CO2)C[C@@H]1C. The molecular weight excluding hydrogens is 376 g/mol. The van der Waals surface area contributed by atoms with E-state index in [4.69, 9.17) is 18.9 Å². The van der Waals surface area contributed by atoms with E-state index in [9.17, 15) is 14.7 Å². The number of hydrogen-bond acceptors (Lipinski definition) is 7. The molecule has 2 aliphatic heterocycles. The smallest absolute Gasteiger partial charge is 0.311 e. The molecule has 0 aromatic rings. The van der Waals surface area contributed by atoms with E-state index in [1.165, 1.54) is 0 Å². The van der Waals surface area contributed by atoms with Gasteiger partial charge < -0.3 is 24.1 Å². The van der Waals surface area contributed by atoms with Crippen molar-refractivity contribution in [2.75, 3.05) is 20.8 Å².